The summed E-state index contributed by atoms with van der Waals surface area (Å²) >= 11 is 0. The van der Waals surface area contributed by atoms with Crippen molar-refractivity contribution in [1.29, 1.82) is 0 Å². The molecule has 0 aromatic rings. The number of hydrogen-bond acceptors (Lipinski definition) is 2. The standard InChI is InChI=1S/C8H15NO2/c1-5(2)6-3-8(6,4-9)7(10)11/h5-6H,3-4,9H2,1-2H3,(H,10,11)/t6-,8-/m1/s1. The Bertz CT molecular complexity index is 179. The van der Waals surface area contributed by atoms with Gasteiger partial charge in [0, 0.05) is 6.54 Å². The van der Waals surface area contributed by atoms with Crippen LogP contribution in [0.2, 0.25) is 0 Å². The van der Waals surface area contributed by atoms with E-state index in [1.165, 1.54) is 0 Å². The van der Waals surface area contributed by atoms with E-state index in [-0.39, 0.29) is 6.54 Å². The molecule has 0 aliphatic heterocycles. The third kappa shape index (κ3) is 1.13. The summed E-state index contributed by atoms with van der Waals surface area (Å²) in [5.41, 5.74) is 4.84. The third-order valence-corrected chi connectivity index (χ3v) is 2.73. The molecule has 3 nitrogen and oxygen atoms in total. The molecule has 64 valence electrons. The van der Waals surface area contributed by atoms with Crippen molar-refractivity contribution in [3.8, 4) is 0 Å². The van der Waals surface area contributed by atoms with Crippen LogP contribution in [0.3, 0.4) is 0 Å². The van der Waals surface area contributed by atoms with Gasteiger partial charge < -0.3 is 10.8 Å². The molecule has 0 heterocycles. The average Bonchev–Trinajstić information content (AvgIpc) is 2.62. The second kappa shape index (κ2) is 2.48. The monoisotopic (exact) mass is 157 g/mol. The van der Waals surface area contributed by atoms with E-state index in [1.54, 1.807) is 0 Å². The summed E-state index contributed by atoms with van der Waals surface area (Å²) in [6.07, 6.45) is 0.760. The fourth-order valence-corrected chi connectivity index (χ4v) is 1.78. The van der Waals surface area contributed by atoms with Crippen LogP contribution in [0.1, 0.15) is 20.3 Å². The Morgan fingerprint density at radius 2 is 2.36 bits per heavy atom. The van der Waals surface area contributed by atoms with Crippen LogP contribution in [0.4, 0.5) is 0 Å². The molecule has 1 saturated carbocycles. The predicted octanol–water partition coefficient (Wildman–Crippen LogP) is 0.692. The van der Waals surface area contributed by atoms with E-state index in [2.05, 4.69) is 0 Å². The molecule has 2 atom stereocenters. The smallest absolute Gasteiger partial charge is 0.311 e. The lowest BCUT2D eigenvalue weighted by Gasteiger charge is -2.10. The van der Waals surface area contributed by atoms with Crippen LogP contribution in [0.15, 0.2) is 0 Å². The Labute approximate surface area is 66.6 Å². The summed E-state index contributed by atoms with van der Waals surface area (Å²) in [7, 11) is 0. The van der Waals surface area contributed by atoms with Gasteiger partial charge in [-0.25, -0.2) is 0 Å². The quantitative estimate of drug-likeness (QED) is 0.633. The fraction of sp³-hybridized carbons (Fsp3) is 0.875. The van der Waals surface area contributed by atoms with E-state index in [4.69, 9.17) is 10.8 Å². The molecule has 11 heavy (non-hydrogen) atoms. The van der Waals surface area contributed by atoms with Gasteiger partial charge in [0.25, 0.3) is 0 Å². The second-order valence-corrected chi connectivity index (χ2v) is 3.72. The van der Waals surface area contributed by atoms with Gasteiger partial charge in [0.2, 0.25) is 0 Å². The largest absolute Gasteiger partial charge is 0.481 e. The molecule has 0 bridgehead atoms. The molecule has 0 amide bonds. The lowest BCUT2D eigenvalue weighted by atomic mass is 9.97. The number of hydrogen-bond donors (Lipinski definition) is 2. The van der Waals surface area contributed by atoms with E-state index >= 15 is 0 Å². The van der Waals surface area contributed by atoms with Crippen LogP contribution in [-0.2, 0) is 4.79 Å². The first-order valence-corrected chi connectivity index (χ1v) is 3.98. The van der Waals surface area contributed by atoms with E-state index in [1.807, 2.05) is 13.8 Å². The van der Waals surface area contributed by atoms with Gasteiger partial charge in [-0.15, -0.1) is 0 Å². The van der Waals surface area contributed by atoms with Gasteiger partial charge in [-0.3, -0.25) is 4.79 Å². The molecule has 3 N–H and O–H groups in total. The summed E-state index contributed by atoms with van der Waals surface area (Å²) < 4.78 is 0. The van der Waals surface area contributed by atoms with Crippen molar-refractivity contribution < 1.29 is 9.90 Å². The third-order valence-electron chi connectivity index (χ3n) is 2.73. The van der Waals surface area contributed by atoms with Gasteiger partial charge in [0.1, 0.15) is 0 Å². The van der Waals surface area contributed by atoms with Crippen molar-refractivity contribution in [2.45, 2.75) is 20.3 Å². The lowest BCUT2D eigenvalue weighted by Crippen LogP contribution is -2.28. The number of carboxylic acid groups (broad SMARTS) is 1. The highest BCUT2D eigenvalue weighted by Crippen LogP contribution is 2.55. The maximum Gasteiger partial charge on any atom is 0.311 e. The number of aliphatic carboxylic acids is 1. The minimum Gasteiger partial charge on any atom is -0.481 e. The molecule has 0 unspecified atom stereocenters. The van der Waals surface area contributed by atoms with E-state index in [9.17, 15) is 4.79 Å². The average molecular weight is 157 g/mol. The van der Waals surface area contributed by atoms with Crippen molar-refractivity contribution in [3.63, 3.8) is 0 Å². The van der Waals surface area contributed by atoms with Crippen molar-refractivity contribution in [1.82, 2.24) is 0 Å². The molecule has 0 spiro atoms. The number of nitrogens with two attached hydrogens (primary N) is 1. The molecule has 0 aromatic carbocycles. The summed E-state index contributed by atoms with van der Waals surface area (Å²) in [5, 5.41) is 8.84. The van der Waals surface area contributed by atoms with Crippen LogP contribution in [-0.4, -0.2) is 17.6 Å². The summed E-state index contributed by atoms with van der Waals surface area (Å²) in [4.78, 5) is 10.7. The van der Waals surface area contributed by atoms with Crippen molar-refractivity contribution in [2.24, 2.45) is 23.0 Å². The molecule has 1 aliphatic carbocycles. The maximum absolute atomic E-state index is 10.7. The van der Waals surface area contributed by atoms with Crippen LogP contribution in [0.25, 0.3) is 0 Å². The highest BCUT2D eigenvalue weighted by atomic mass is 16.4. The molecule has 0 radical (unpaired) electrons. The topological polar surface area (TPSA) is 63.3 Å². The summed E-state index contributed by atoms with van der Waals surface area (Å²) in [6, 6.07) is 0. The van der Waals surface area contributed by atoms with Gasteiger partial charge in [-0.05, 0) is 18.3 Å². The zero-order valence-corrected chi connectivity index (χ0v) is 7.00. The van der Waals surface area contributed by atoms with Crippen molar-refractivity contribution in [3.05, 3.63) is 0 Å². The highest BCUT2D eigenvalue weighted by Gasteiger charge is 2.60. The van der Waals surface area contributed by atoms with Gasteiger partial charge >= 0.3 is 5.97 Å². The van der Waals surface area contributed by atoms with Gasteiger partial charge in [-0.1, -0.05) is 13.8 Å². The second-order valence-electron chi connectivity index (χ2n) is 3.72. The molecular weight excluding hydrogens is 142 g/mol. The number of rotatable bonds is 3. The molecule has 0 aromatic heterocycles. The summed E-state index contributed by atoms with van der Waals surface area (Å²) in [5.74, 6) is 0.0124. The van der Waals surface area contributed by atoms with E-state index in [0.29, 0.717) is 11.8 Å². The van der Waals surface area contributed by atoms with Crippen LogP contribution < -0.4 is 5.73 Å². The number of carbonyl (C=O) groups is 1. The van der Waals surface area contributed by atoms with E-state index < -0.39 is 11.4 Å². The SMILES string of the molecule is CC(C)[C@H]1C[C@]1(CN)C(=O)O. The summed E-state index contributed by atoms with van der Waals surface area (Å²) in [6.45, 7) is 4.38. The normalized spacial score (nSPS) is 35.8. The molecule has 0 saturated heterocycles. The Hall–Kier alpha value is -0.570. The minimum absolute atomic E-state index is 0.283. The van der Waals surface area contributed by atoms with Crippen molar-refractivity contribution in [2.75, 3.05) is 6.54 Å². The zero-order valence-electron chi connectivity index (χ0n) is 7.00. The minimum atomic E-state index is -0.723. The Balaban J connectivity index is 2.64. The molecular formula is C8H15NO2. The van der Waals surface area contributed by atoms with Gasteiger partial charge in [0.15, 0.2) is 0 Å². The molecule has 3 heteroatoms. The predicted molar refractivity (Wildman–Crippen MR) is 42.1 cm³/mol. The maximum atomic E-state index is 10.7. The lowest BCUT2D eigenvalue weighted by molar-refractivity contribution is -0.143. The fourth-order valence-electron chi connectivity index (χ4n) is 1.78. The number of carboxylic acids is 1. The first-order chi connectivity index (χ1) is 5.04. The van der Waals surface area contributed by atoms with Gasteiger partial charge in [0.05, 0.1) is 5.41 Å². The first-order valence-electron chi connectivity index (χ1n) is 3.98. The zero-order chi connectivity index (χ0) is 8.65. The van der Waals surface area contributed by atoms with Crippen molar-refractivity contribution >= 4 is 5.97 Å². The van der Waals surface area contributed by atoms with Gasteiger partial charge in [-0.2, -0.15) is 0 Å². The Morgan fingerprint density at radius 3 is 2.45 bits per heavy atom. The first kappa shape index (κ1) is 8.53. The molecule has 1 fully saturated rings. The molecule has 1 aliphatic rings. The Morgan fingerprint density at radius 1 is 1.82 bits per heavy atom. The highest BCUT2D eigenvalue weighted by molar-refractivity contribution is 5.79. The van der Waals surface area contributed by atoms with Crippen LogP contribution >= 0.6 is 0 Å². The Kier molecular flexibility index (Phi) is 1.92. The van der Waals surface area contributed by atoms with Crippen LogP contribution in [0, 0.1) is 17.3 Å². The molecule has 1 rings (SSSR count). The van der Waals surface area contributed by atoms with Crippen LogP contribution in [0.5, 0.6) is 0 Å². The van der Waals surface area contributed by atoms with E-state index in [0.717, 1.165) is 6.42 Å².